The molecule has 0 saturated heterocycles. The van der Waals surface area contributed by atoms with Gasteiger partial charge in [0, 0.05) is 13.6 Å². The number of carboxylic acid groups (broad SMARTS) is 1. The predicted octanol–water partition coefficient (Wildman–Crippen LogP) is 3.27. The van der Waals surface area contributed by atoms with Crippen molar-refractivity contribution in [3.05, 3.63) is 28.8 Å². The Bertz CT molecular complexity index is 379. The fourth-order valence-corrected chi connectivity index (χ4v) is 1.81. The Morgan fingerprint density at radius 2 is 2.19 bits per heavy atom. The lowest BCUT2D eigenvalue weighted by Gasteiger charge is -2.21. The van der Waals surface area contributed by atoms with E-state index in [1.54, 1.807) is 18.2 Å². The first kappa shape index (κ1) is 12.8. The van der Waals surface area contributed by atoms with Crippen molar-refractivity contribution >= 4 is 23.3 Å². The van der Waals surface area contributed by atoms with Crippen LogP contribution in [-0.4, -0.2) is 24.7 Å². The van der Waals surface area contributed by atoms with Gasteiger partial charge in [-0.25, -0.2) is 4.79 Å². The molecule has 0 aromatic heterocycles. The summed E-state index contributed by atoms with van der Waals surface area (Å²) in [5.41, 5.74) is 0.858. The van der Waals surface area contributed by atoms with E-state index >= 15 is 0 Å². The first-order valence-electron chi connectivity index (χ1n) is 5.30. The first-order valence-corrected chi connectivity index (χ1v) is 5.68. The number of carbonyl (C=O) groups is 1. The van der Waals surface area contributed by atoms with Crippen molar-refractivity contribution in [2.45, 2.75) is 19.8 Å². The number of unbranched alkanes of at least 4 members (excludes halogenated alkanes) is 1. The van der Waals surface area contributed by atoms with Crippen LogP contribution in [0.1, 0.15) is 30.1 Å². The number of nitrogens with zero attached hydrogens (tertiary/aromatic N) is 1. The van der Waals surface area contributed by atoms with E-state index in [0.717, 1.165) is 19.4 Å². The quantitative estimate of drug-likeness (QED) is 0.860. The Kier molecular flexibility index (Phi) is 4.62. The second-order valence-corrected chi connectivity index (χ2v) is 4.12. The van der Waals surface area contributed by atoms with Crippen molar-refractivity contribution in [1.29, 1.82) is 0 Å². The normalized spacial score (nSPS) is 10.2. The second-order valence-electron chi connectivity index (χ2n) is 3.71. The van der Waals surface area contributed by atoms with Gasteiger partial charge in [-0.05, 0) is 18.6 Å². The zero-order valence-corrected chi connectivity index (χ0v) is 10.3. The van der Waals surface area contributed by atoms with Crippen molar-refractivity contribution in [2.75, 3.05) is 18.5 Å². The van der Waals surface area contributed by atoms with Gasteiger partial charge in [0.15, 0.2) is 0 Å². The number of carboxylic acids is 1. The van der Waals surface area contributed by atoms with E-state index in [4.69, 9.17) is 16.7 Å². The number of rotatable bonds is 5. The highest BCUT2D eigenvalue weighted by atomic mass is 35.5. The molecular weight excluding hydrogens is 226 g/mol. The molecule has 3 nitrogen and oxygen atoms in total. The van der Waals surface area contributed by atoms with E-state index < -0.39 is 5.97 Å². The molecule has 4 heteroatoms. The number of halogens is 1. The van der Waals surface area contributed by atoms with Crippen LogP contribution in [0.15, 0.2) is 18.2 Å². The summed E-state index contributed by atoms with van der Waals surface area (Å²) in [5.74, 6) is -0.982. The fraction of sp³-hybridized carbons (Fsp3) is 0.417. The van der Waals surface area contributed by atoms with Gasteiger partial charge in [0.1, 0.15) is 5.56 Å². The van der Waals surface area contributed by atoms with Gasteiger partial charge in [-0.15, -0.1) is 0 Å². The van der Waals surface area contributed by atoms with Crippen LogP contribution in [0.2, 0.25) is 5.02 Å². The van der Waals surface area contributed by atoms with E-state index in [-0.39, 0.29) is 10.6 Å². The maximum absolute atomic E-state index is 11.1. The van der Waals surface area contributed by atoms with Crippen LogP contribution in [0.3, 0.4) is 0 Å². The molecule has 0 spiro atoms. The largest absolute Gasteiger partial charge is 0.478 e. The van der Waals surface area contributed by atoms with Crippen LogP contribution in [0.4, 0.5) is 5.69 Å². The number of benzene rings is 1. The number of aromatic carboxylic acids is 1. The third-order valence-electron chi connectivity index (χ3n) is 2.46. The third-order valence-corrected chi connectivity index (χ3v) is 2.78. The standard InChI is InChI=1S/C12H16ClNO2/c1-3-4-8-14(2)10-7-5-6-9(13)11(10)12(15)16/h5-7H,3-4,8H2,1-2H3,(H,15,16). The molecule has 0 atom stereocenters. The number of anilines is 1. The Hall–Kier alpha value is -1.22. The molecule has 1 aromatic rings. The summed E-state index contributed by atoms with van der Waals surface area (Å²) in [7, 11) is 1.88. The van der Waals surface area contributed by atoms with Crippen LogP contribution in [0.25, 0.3) is 0 Å². The average Bonchev–Trinajstić information content (AvgIpc) is 2.24. The lowest BCUT2D eigenvalue weighted by molar-refractivity contribution is 0.0698. The fourth-order valence-electron chi connectivity index (χ4n) is 1.56. The van der Waals surface area contributed by atoms with Crippen LogP contribution in [-0.2, 0) is 0 Å². The minimum absolute atomic E-state index is 0.183. The topological polar surface area (TPSA) is 40.5 Å². The highest BCUT2D eigenvalue weighted by Gasteiger charge is 2.16. The molecule has 16 heavy (non-hydrogen) atoms. The van der Waals surface area contributed by atoms with E-state index in [2.05, 4.69) is 6.92 Å². The zero-order valence-electron chi connectivity index (χ0n) is 9.53. The highest BCUT2D eigenvalue weighted by Crippen LogP contribution is 2.26. The van der Waals surface area contributed by atoms with E-state index in [0.29, 0.717) is 5.69 Å². The van der Waals surface area contributed by atoms with Gasteiger partial charge in [-0.1, -0.05) is 31.0 Å². The van der Waals surface area contributed by atoms with Crippen molar-refractivity contribution in [1.82, 2.24) is 0 Å². The number of hydrogen-bond acceptors (Lipinski definition) is 2. The Balaban J connectivity index is 3.02. The average molecular weight is 242 g/mol. The van der Waals surface area contributed by atoms with Gasteiger partial charge in [0.2, 0.25) is 0 Å². The monoisotopic (exact) mass is 241 g/mol. The SMILES string of the molecule is CCCCN(C)c1cccc(Cl)c1C(=O)O. The molecular formula is C12H16ClNO2. The van der Waals surface area contributed by atoms with Gasteiger partial charge in [0.05, 0.1) is 10.7 Å². The molecule has 1 aromatic carbocycles. The summed E-state index contributed by atoms with van der Waals surface area (Å²) in [6.45, 7) is 2.93. The molecule has 88 valence electrons. The lowest BCUT2D eigenvalue weighted by Crippen LogP contribution is -2.21. The van der Waals surface area contributed by atoms with Crippen molar-refractivity contribution in [3.8, 4) is 0 Å². The van der Waals surface area contributed by atoms with Gasteiger partial charge in [-0.3, -0.25) is 0 Å². The molecule has 0 fully saturated rings. The van der Waals surface area contributed by atoms with E-state index in [1.807, 2.05) is 11.9 Å². The molecule has 0 saturated carbocycles. The molecule has 0 bridgehead atoms. The molecule has 0 aliphatic rings. The van der Waals surface area contributed by atoms with Gasteiger partial charge >= 0.3 is 5.97 Å². The highest BCUT2D eigenvalue weighted by molar-refractivity contribution is 6.34. The summed E-state index contributed by atoms with van der Waals surface area (Å²) in [4.78, 5) is 13.0. The lowest BCUT2D eigenvalue weighted by atomic mass is 10.1. The van der Waals surface area contributed by atoms with Gasteiger partial charge in [0.25, 0.3) is 0 Å². The molecule has 0 unspecified atom stereocenters. The maximum atomic E-state index is 11.1. The smallest absolute Gasteiger partial charge is 0.339 e. The second kappa shape index (κ2) is 5.75. The van der Waals surface area contributed by atoms with E-state index in [1.165, 1.54) is 0 Å². The summed E-state index contributed by atoms with van der Waals surface area (Å²) >= 11 is 5.89. The minimum Gasteiger partial charge on any atom is -0.478 e. The maximum Gasteiger partial charge on any atom is 0.339 e. The molecule has 0 heterocycles. The third kappa shape index (κ3) is 2.89. The predicted molar refractivity (Wildman–Crippen MR) is 66.6 cm³/mol. The number of hydrogen-bond donors (Lipinski definition) is 1. The molecule has 1 N–H and O–H groups in total. The molecule has 0 aliphatic carbocycles. The van der Waals surface area contributed by atoms with Crippen molar-refractivity contribution in [2.24, 2.45) is 0 Å². The Labute approximate surface area is 101 Å². The minimum atomic E-state index is -0.982. The Morgan fingerprint density at radius 3 is 2.75 bits per heavy atom. The Morgan fingerprint density at radius 1 is 1.50 bits per heavy atom. The molecule has 0 radical (unpaired) electrons. The van der Waals surface area contributed by atoms with Crippen LogP contribution in [0.5, 0.6) is 0 Å². The first-order chi connectivity index (χ1) is 7.57. The van der Waals surface area contributed by atoms with Gasteiger partial charge < -0.3 is 10.0 Å². The van der Waals surface area contributed by atoms with Crippen LogP contribution < -0.4 is 4.90 Å². The van der Waals surface area contributed by atoms with Crippen LogP contribution >= 0.6 is 11.6 Å². The summed E-state index contributed by atoms with van der Waals surface area (Å²) in [6.07, 6.45) is 2.11. The van der Waals surface area contributed by atoms with Crippen molar-refractivity contribution < 1.29 is 9.90 Å². The van der Waals surface area contributed by atoms with Crippen LogP contribution in [0, 0.1) is 0 Å². The van der Waals surface area contributed by atoms with Gasteiger partial charge in [-0.2, -0.15) is 0 Å². The molecule has 0 aliphatic heterocycles. The molecule has 1 rings (SSSR count). The summed E-state index contributed by atoms with van der Waals surface area (Å²) in [5, 5.41) is 9.40. The van der Waals surface area contributed by atoms with E-state index in [9.17, 15) is 4.79 Å². The van der Waals surface area contributed by atoms with Crippen molar-refractivity contribution in [3.63, 3.8) is 0 Å². The zero-order chi connectivity index (χ0) is 12.1. The molecule has 0 amide bonds. The summed E-state index contributed by atoms with van der Waals surface area (Å²) in [6, 6.07) is 5.15. The summed E-state index contributed by atoms with van der Waals surface area (Å²) < 4.78 is 0.